The first-order chi connectivity index (χ1) is 8.72. The summed E-state index contributed by atoms with van der Waals surface area (Å²) in [6.45, 7) is 0.651. The van der Waals surface area contributed by atoms with Gasteiger partial charge in [0, 0.05) is 13.1 Å². The van der Waals surface area contributed by atoms with E-state index in [1.165, 1.54) is 30.6 Å². The number of hydrogen-bond acceptors (Lipinski definition) is 4. The van der Waals surface area contributed by atoms with Gasteiger partial charge >= 0.3 is 0 Å². The Kier molecular flexibility index (Phi) is 4.83. The summed E-state index contributed by atoms with van der Waals surface area (Å²) in [5.74, 6) is 0.654. The van der Waals surface area contributed by atoms with Gasteiger partial charge in [-0.3, -0.25) is 14.5 Å². The van der Waals surface area contributed by atoms with Crippen molar-refractivity contribution in [2.75, 3.05) is 13.1 Å². The first-order valence-electron chi connectivity index (χ1n) is 6.66. The minimum atomic E-state index is -0.183. The zero-order valence-corrected chi connectivity index (χ0v) is 11.4. The molecule has 2 rings (SSSR count). The molecule has 0 bridgehead atoms. The third-order valence-electron chi connectivity index (χ3n) is 3.61. The molecule has 2 amide bonds. The Labute approximate surface area is 112 Å². The van der Waals surface area contributed by atoms with Gasteiger partial charge in [-0.25, -0.2) is 0 Å². The van der Waals surface area contributed by atoms with Crippen molar-refractivity contribution in [2.45, 2.75) is 38.5 Å². The highest BCUT2D eigenvalue weighted by Crippen LogP contribution is 2.32. The molecule has 0 atom stereocenters. The molecule has 1 aliphatic carbocycles. The summed E-state index contributed by atoms with van der Waals surface area (Å²) in [6, 6.07) is 0. The van der Waals surface area contributed by atoms with E-state index in [-0.39, 0.29) is 11.1 Å². The molecule has 18 heavy (non-hydrogen) atoms. The Balaban J connectivity index is 1.85. The molecule has 1 saturated carbocycles. The smallest absolute Gasteiger partial charge is 0.293 e. The van der Waals surface area contributed by atoms with Crippen molar-refractivity contribution in [1.29, 1.82) is 0 Å². The summed E-state index contributed by atoms with van der Waals surface area (Å²) in [6.07, 6.45) is 9.31. The molecule has 2 fully saturated rings. The summed E-state index contributed by atoms with van der Waals surface area (Å²) in [4.78, 5) is 25.3. The average Bonchev–Trinajstić information content (AvgIpc) is 2.94. The lowest BCUT2D eigenvalue weighted by Gasteiger charge is -2.09. The minimum Gasteiger partial charge on any atom is -0.329 e. The lowest BCUT2D eigenvalue weighted by molar-refractivity contribution is -0.122. The van der Waals surface area contributed by atoms with Crippen LogP contribution in [0.15, 0.2) is 11.0 Å². The molecular formula is C13H20N2O2S. The van der Waals surface area contributed by atoms with E-state index in [1.54, 1.807) is 0 Å². The number of nitrogens with two attached hydrogens (primary N) is 1. The molecule has 0 aromatic heterocycles. The van der Waals surface area contributed by atoms with Gasteiger partial charge in [-0.05, 0) is 30.5 Å². The van der Waals surface area contributed by atoms with E-state index in [0.717, 1.165) is 30.5 Å². The van der Waals surface area contributed by atoms with Crippen LogP contribution in [0.25, 0.3) is 0 Å². The lowest BCUT2D eigenvalue weighted by atomic mass is 10.0. The van der Waals surface area contributed by atoms with Gasteiger partial charge in [0.1, 0.15) is 0 Å². The molecule has 2 N–H and O–H groups in total. The second kappa shape index (κ2) is 6.38. The van der Waals surface area contributed by atoms with Crippen LogP contribution in [0.1, 0.15) is 38.5 Å². The molecule has 100 valence electrons. The molecule has 4 nitrogen and oxygen atoms in total. The second-order valence-electron chi connectivity index (χ2n) is 4.91. The summed E-state index contributed by atoms with van der Waals surface area (Å²) in [5, 5.41) is -0.183. The van der Waals surface area contributed by atoms with Gasteiger partial charge in [-0.15, -0.1) is 0 Å². The molecular weight excluding hydrogens is 248 g/mol. The van der Waals surface area contributed by atoms with Crippen LogP contribution < -0.4 is 5.73 Å². The summed E-state index contributed by atoms with van der Waals surface area (Å²) in [5.41, 5.74) is 5.39. The number of amides is 2. The van der Waals surface area contributed by atoms with Crippen LogP contribution in [0.4, 0.5) is 4.79 Å². The SMILES string of the molecule is NCCN1C(=O)S/C(=C/CCC2CCCC2)C1=O. The normalized spacial score (nSPS) is 23.6. The third kappa shape index (κ3) is 3.14. The van der Waals surface area contributed by atoms with Crippen LogP contribution in [0.5, 0.6) is 0 Å². The van der Waals surface area contributed by atoms with E-state index < -0.39 is 0 Å². The number of imide groups is 1. The summed E-state index contributed by atoms with van der Waals surface area (Å²) in [7, 11) is 0. The van der Waals surface area contributed by atoms with E-state index in [4.69, 9.17) is 5.73 Å². The number of rotatable bonds is 5. The molecule has 5 heteroatoms. The van der Waals surface area contributed by atoms with Crippen molar-refractivity contribution in [3.63, 3.8) is 0 Å². The van der Waals surface area contributed by atoms with Crippen molar-refractivity contribution < 1.29 is 9.59 Å². The summed E-state index contributed by atoms with van der Waals surface area (Å²) < 4.78 is 0. The maximum atomic E-state index is 11.9. The van der Waals surface area contributed by atoms with Crippen molar-refractivity contribution in [3.8, 4) is 0 Å². The molecule has 1 aliphatic heterocycles. The van der Waals surface area contributed by atoms with Gasteiger partial charge in [0.25, 0.3) is 11.1 Å². The minimum absolute atomic E-state index is 0.165. The monoisotopic (exact) mass is 268 g/mol. The number of carbonyl (C=O) groups is 2. The van der Waals surface area contributed by atoms with Crippen LogP contribution in [0.2, 0.25) is 0 Å². The Morgan fingerprint density at radius 3 is 2.72 bits per heavy atom. The molecule has 0 radical (unpaired) electrons. The molecule has 0 spiro atoms. The molecule has 0 aromatic carbocycles. The van der Waals surface area contributed by atoms with Crippen LogP contribution in [-0.2, 0) is 4.79 Å². The first-order valence-corrected chi connectivity index (χ1v) is 7.48. The highest BCUT2D eigenvalue weighted by Gasteiger charge is 2.34. The van der Waals surface area contributed by atoms with E-state index >= 15 is 0 Å². The fourth-order valence-corrected chi connectivity index (χ4v) is 3.48. The van der Waals surface area contributed by atoms with E-state index in [9.17, 15) is 9.59 Å². The van der Waals surface area contributed by atoms with E-state index in [2.05, 4.69) is 0 Å². The van der Waals surface area contributed by atoms with E-state index in [1.807, 2.05) is 6.08 Å². The van der Waals surface area contributed by atoms with Crippen LogP contribution >= 0.6 is 11.8 Å². The Bertz CT molecular complexity index is 362. The van der Waals surface area contributed by atoms with Crippen LogP contribution in [-0.4, -0.2) is 29.1 Å². The molecule has 0 aromatic rings. The lowest BCUT2D eigenvalue weighted by Crippen LogP contribution is -2.33. The van der Waals surface area contributed by atoms with Crippen molar-refractivity contribution in [1.82, 2.24) is 4.90 Å². The number of thioether (sulfide) groups is 1. The van der Waals surface area contributed by atoms with Gasteiger partial charge in [-0.2, -0.15) is 0 Å². The average molecular weight is 268 g/mol. The Hall–Kier alpha value is -0.810. The number of nitrogens with zero attached hydrogens (tertiary/aromatic N) is 1. The van der Waals surface area contributed by atoms with Crippen LogP contribution in [0, 0.1) is 5.92 Å². The maximum absolute atomic E-state index is 11.9. The van der Waals surface area contributed by atoms with Crippen molar-refractivity contribution in [3.05, 3.63) is 11.0 Å². The van der Waals surface area contributed by atoms with Crippen LogP contribution in [0.3, 0.4) is 0 Å². The van der Waals surface area contributed by atoms with Gasteiger partial charge in [0.2, 0.25) is 0 Å². The zero-order valence-electron chi connectivity index (χ0n) is 10.6. The molecule has 0 unspecified atom stereocenters. The standard InChI is InChI=1S/C13H20N2O2S/c14-8-9-15-12(16)11(18-13(15)17)7-3-6-10-4-1-2-5-10/h7,10H,1-6,8-9,14H2/b11-7+. The van der Waals surface area contributed by atoms with Gasteiger partial charge in [-0.1, -0.05) is 31.8 Å². The zero-order chi connectivity index (χ0) is 13.0. The maximum Gasteiger partial charge on any atom is 0.293 e. The van der Waals surface area contributed by atoms with Gasteiger partial charge in [0.15, 0.2) is 0 Å². The highest BCUT2D eigenvalue weighted by molar-refractivity contribution is 8.18. The third-order valence-corrected chi connectivity index (χ3v) is 4.56. The highest BCUT2D eigenvalue weighted by atomic mass is 32.2. The Morgan fingerprint density at radius 1 is 1.33 bits per heavy atom. The number of hydrogen-bond donors (Lipinski definition) is 1. The quantitative estimate of drug-likeness (QED) is 0.778. The van der Waals surface area contributed by atoms with Crippen molar-refractivity contribution in [2.24, 2.45) is 11.7 Å². The summed E-state index contributed by atoms with van der Waals surface area (Å²) >= 11 is 1.05. The fraction of sp³-hybridized carbons (Fsp3) is 0.692. The molecule has 2 aliphatic rings. The molecule has 1 saturated heterocycles. The fourth-order valence-electron chi connectivity index (χ4n) is 2.61. The molecule has 1 heterocycles. The number of carbonyl (C=O) groups excluding carboxylic acids is 2. The topological polar surface area (TPSA) is 63.4 Å². The van der Waals surface area contributed by atoms with E-state index in [0.29, 0.717) is 18.0 Å². The van der Waals surface area contributed by atoms with Gasteiger partial charge < -0.3 is 5.73 Å². The van der Waals surface area contributed by atoms with Gasteiger partial charge in [0.05, 0.1) is 4.91 Å². The first kappa shape index (κ1) is 13.6. The predicted octanol–water partition coefficient (Wildman–Crippen LogP) is 2.49. The second-order valence-corrected chi connectivity index (χ2v) is 5.90. The largest absolute Gasteiger partial charge is 0.329 e. The predicted molar refractivity (Wildman–Crippen MR) is 73.0 cm³/mol. The van der Waals surface area contributed by atoms with Crippen molar-refractivity contribution >= 4 is 22.9 Å². The Morgan fingerprint density at radius 2 is 2.06 bits per heavy atom. The number of allylic oxidation sites excluding steroid dienone is 1.